The molecule has 5 heteroatoms. The third kappa shape index (κ3) is 2.97. The number of carbonyl (C=O) groups is 1. The molecule has 1 amide bonds. The summed E-state index contributed by atoms with van der Waals surface area (Å²) in [7, 11) is 0. The highest BCUT2D eigenvalue weighted by atomic mass is 16.3. The number of piperidine rings is 1. The number of hydrogen-bond donors (Lipinski definition) is 3. The van der Waals surface area contributed by atoms with Crippen LogP contribution in [0.1, 0.15) is 36.0 Å². The van der Waals surface area contributed by atoms with E-state index in [0.29, 0.717) is 12.0 Å². The van der Waals surface area contributed by atoms with Gasteiger partial charge in [0.15, 0.2) is 0 Å². The standard InChI is InChI=1S/C16H22N2O3/c19-12-3-4-15(20)13(10-12)16(21)18-8-5-11(6-9-18)14-2-1-7-17-14/h3-4,10-11,14,17,19-20H,1-2,5-9H2. The highest BCUT2D eigenvalue weighted by Gasteiger charge is 2.30. The number of nitrogens with zero attached hydrogens (tertiary/aromatic N) is 1. The second kappa shape index (κ2) is 5.93. The summed E-state index contributed by atoms with van der Waals surface area (Å²) in [5.41, 5.74) is 0.187. The molecule has 2 heterocycles. The van der Waals surface area contributed by atoms with Crippen molar-refractivity contribution in [1.29, 1.82) is 0 Å². The molecule has 114 valence electrons. The monoisotopic (exact) mass is 290 g/mol. The maximum absolute atomic E-state index is 12.4. The van der Waals surface area contributed by atoms with Gasteiger partial charge in [-0.05, 0) is 56.3 Å². The van der Waals surface area contributed by atoms with Crippen molar-refractivity contribution in [2.75, 3.05) is 19.6 Å². The first-order chi connectivity index (χ1) is 10.1. The van der Waals surface area contributed by atoms with E-state index in [1.807, 2.05) is 0 Å². The van der Waals surface area contributed by atoms with Gasteiger partial charge in [0.25, 0.3) is 5.91 Å². The predicted octanol–water partition coefficient (Wildman–Crippen LogP) is 1.70. The molecule has 2 aliphatic rings. The molecular weight excluding hydrogens is 268 g/mol. The van der Waals surface area contributed by atoms with Gasteiger partial charge in [0, 0.05) is 19.1 Å². The summed E-state index contributed by atoms with van der Waals surface area (Å²) in [5, 5.41) is 22.8. The van der Waals surface area contributed by atoms with E-state index in [1.165, 1.54) is 31.0 Å². The van der Waals surface area contributed by atoms with Crippen molar-refractivity contribution in [3.8, 4) is 11.5 Å². The molecule has 0 radical (unpaired) electrons. The number of rotatable bonds is 2. The van der Waals surface area contributed by atoms with E-state index in [2.05, 4.69) is 5.32 Å². The van der Waals surface area contributed by atoms with Crippen LogP contribution < -0.4 is 5.32 Å². The van der Waals surface area contributed by atoms with Crippen LogP contribution in [0.25, 0.3) is 0 Å². The minimum absolute atomic E-state index is 0.00110. The number of aromatic hydroxyl groups is 2. The van der Waals surface area contributed by atoms with Gasteiger partial charge in [-0.2, -0.15) is 0 Å². The molecule has 0 spiro atoms. The molecule has 1 aromatic rings. The fourth-order valence-corrected chi connectivity index (χ4v) is 3.48. The average Bonchev–Trinajstić information content (AvgIpc) is 3.03. The Morgan fingerprint density at radius 1 is 1.19 bits per heavy atom. The van der Waals surface area contributed by atoms with Crippen molar-refractivity contribution in [2.45, 2.75) is 31.7 Å². The number of carbonyl (C=O) groups excluding carboxylic acids is 1. The molecular formula is C16H22N2O3. The Kier molecular flexibility index (Phi) is 4.01. The highest BCUT2D eigenvalue weighted by molar-refractivity contribution is 5.97. The van der Waals surface area contributed by atoms with Gasteiger partial charge >= 0.3 is 0 Å². The van der Waals surface area contributed by atoms with Crippen LogP contribution in [0.4, 0.5) is 0 Å². The minimum atomic E-state index is -0.193. The number of amides is 1. The highest BCUT2D eigenvalue weighted by Crippen LogP contribution is 2.28. The van der Waals surface area contributed by atoms with Crippen molar-refractivity contribution in [3.63, 3.8) is 0 Å². The van der Waals surface area contributed by atoms with Crippen LogP contribution in [0.5, 0.6) is 11.5 Å². The number of phenols is 2. The predicted molar refractivity (Wildman–Crippen MR) is 79.4 cm³/mol. The van der Waals surface area contributed by atoms with Gasteiger partial charge in [0.1, 0.15) is 11.5 Å². The molecule has 2 aliphatic heterocycles. The van der Waals surface area contributed by atoms with Crippen LogP contribution in [0.3, 0.4) is 0 Å². The lowest BCUT2D eigenvalue weighted by atomic mass is 9.88. The van der Waals surface area contributed by atoms with Crippen molar-refractivity contribution in [1.82, 2.24) is 10.2 Å². The summed E-state index contributed by atoms with van der Waals surface area (Å²) < 4.78 is 0. The molecule has 0 bridgehead atoms. The van der Waals surface area contributed by atoms with Crippen LogP contribution in [0, 0.1) is 5.92 Å². The molecule has 3 N–H and O–H groups in total. The second-order valence-electron chi connectivity index (χ2n) is 6.03. The molecule has 2 fully saturated rings. The first-order valence-electron chi connectivity index (χ1n) is 7.70. The fraction of sp³-hybridized carbons (Fsp3) is 0.562. The smallest absolute Gasteiger partial charge is 0.257 e. The third-order valence-corrected chi connectivity index (χ3v) is 4.70. The largest absolute Gasteiger partial charge is 0.508 e. The number of benzene rings is 1. The molecule has 0 saturated carbocycles. The van der Waals surface area contributed by atoms with Gasteiger partial charge in [-0.3, -0.25) is 4.79 Å². The zero-order valence-corrected chi connectivity index (χ0v) is 12.1. The maximum Gasteiger partial charge on any atom is 0.257 e. The van der Waals surface area contributed by atoms with Crippen LogP contribution in [0.15, 0.2) is 18.2 Å². The maximum atomic E-state index is 12.4. The third-order valence-electron chi connectivity index (χ3n) is 4.70. The summed E-state index contributed by atoms with van der Waals surface area (Å²) in [6.07, 6.45) is 4.50. The van der Waals surface area contributed by atoms with Crippen LogP contribution in [0.2, 0.25) is 0 Å². The summed E-state index contributed by atoms with van der Waals surface area (Å²) in [6.45, 7) is 2.55. The van der Waals surface area contributed by atoms with Crippen molar-refractivity contribution in [3.05, 3.63) is 23.8 Å². The van der Waals surface area contributed by atoms with Gasteiger partial charge in [-0.1, -0.05) is 0 Å². The molecule has 0 aliphatic carbocycles. The number of phenolic OH excluding ortho intramolecular Hbond substituents is 2. The second-order valence-corrected chi connectivity index (χ2v) is 6.03. The number of hydrogen-bond acceptors (Lipinski definition) is 4. The molecule has 2 saturated heterocycles. The Bertz CT molecular complexity index is 518. The molecule has 1 unspecified atom stereocenters. The zero-order chi connectivity index (χ0) is 14.8. The Labute approximate surface area is 124 Å². The van der Waals surface area contributed by atoms with Crippen LogP contribution in [-0.4, -0.2) is 46.7 Å². The number of nitrogens with one attached hydrogen (secondary N) is 1. The summed E-state index contributed by atoms with van der Waals surface area (Å²) in [5.74, 6) is 0.383. The van der Waals surface area contributed by atoms with Crippen LogP contribution in [-0.2, 0) is 0 Å². The Hall–Kier alpha value is -1.75. The van der Waals surface area contributed by atoms with Crippen molar-refractivity contribution < 1.29 is 15.0 Å². The molecule has 21 heavy (non-hydrogen) atoms. The first-order valence-corrected chi connectivity index (χ1v) is 7.70. The van der Waals surface area contributed by atoms with E-state index in [4.69, 9.17) is 0 Å². The van der Waals surface area contributed by atoms with Crippen molar-refractivity contribution in [2.24, 2.45) is 5.92 Å². The van der Waals surface area contributed by atoms with E-state index in [9.17, 15) is 15.0 Å². The lowest BCUT2D eigenvalue weighted by Crippen LogP contribution is -2.43. The van der Waals surface area contributed by atoms with Crippen LogP contribution >= 0.6 is 0 Å². The molecule has 0 aromatic heterocycles. The van der Waals surface area contributed by atoms with Gasteiger partial charge in [0.2, 0.25) is 0 Å². The Morgan fingerprint density at radius 2 is 1.95 bits per heavy atom. The minimum Gasteiger partial charge on any atom is -0.508 e. The lowest BCUT2D eigenvalue weighted by Gasteiger charge is -2.35. The topological polar surface area (TPSA) is 72.8 Å². The van der Waals surface area contributed by atoms with Gasteiger partial charge in [-0.25, -0.2) is 0 Å². The fourth-order valence-electron chi connectivity index (χ4n) is 3.48. The summed E-state index contributed by atoms with van der Waals surface area (Å²) in [4.78, 5) is 14.2. The Morgan fingerprint density at radius 3 is 2.62 bits per heavy atom. The quantitative estimate of drug-likeness (QED) is 0.725. The SMILES string of the molecule is O=C(c1cc(O)ccc1O)N1CCC(C2CCCN2)CC1. The van der Waals surface area contributed by atoms with Gasteiger partial charge in [0.05, 0.1) is 5.56 Å². The Balaban J connectivity index is 1.63. The summed E-state index contributed by atoms with van der Waals surface area (Å²) >= 11 is 0. The molecule has 1 aromatic carbocycles. The van der Waals surface area contributed by atoms with E-state index in [1.54, 1.807) is 4.90 Å². The zero-order valence-electron chi connectivity index (χ0n) is 12.1. The van der Waals surface area contributed by atoms with Gasteiger partial charge in [-0.15, -0.1) is 0 Å². The summed E-state index contributed by atoms with van der Waals surface area (Å²) in [6, 6.07) is 4.68. The normalized spacial score (nSPS) is 23.4. The average molecular weight is 290 g/mol. The molecule has 5 nitrogen and oxygen atoms in total. The first kappa shape index (κ1) is 14.2. The van der Waals surface area contributed by atoms with Crippen molar-refractivity contribution >= 4 is 5.91 Å². The molecule has 1 atom stereocenters. The van der Waals surface area contributed by atoms with E-state index < -0.39 is 0 Å². The van der Waals surface area contributed by atoms with E-state index >= 15 is 0 Å². The van der Waals surface area contributed by atoms with E-state index in [0.717, 1.165) is 32.5 Å². The van der Waals surface area contributed by atoms with Gasteiger partial charge < -0.3 is 20.4 Å². The molecule has 3 rings (SSSR count). The number of likely N-dealkylation sites (tertiary alicyclic amines) is 1. The van der Waals surface area contributed by atoms with E-state index in [-0.39, 0.29) is 23.0 Å². The lowest BCUT2D eigenvalue weighted by molar-refractivity contribution is 0.0671.